The Kier molecular flexibility index (Phi) is 4.60. The zero-order valence-corrected chi connectivity index (χ0v) is 14.4. The fourth-order valence-corrected chi connectivity index (χ4v) is 2.30. The van der Waals surface area contributed by atoms with Crippen molar-refractivity contribution in [3.63, 3.8) is 0 Å². The summed E-state index contributed by atoms with van der Waals surface area (Å²) in [6, 6.07) is 9.34. The van der Waals surface area contributed by atoms with Gasteiger partial charge in [0.1, 0.15) is 6.33 Å². The van der Waals surface area contributed by atoms with Crippen LogP contribution in [0.4, 0.5) is 0 Å². The molecule has 0 fully saturated rings. The van der Waals surface area contributed by atoms with E-state index in [0.717, 1.165) is 5.56 Å². The van der Waals surface area contributed by atoms with E-state index in [0.29, 0.717) is 12.2 Å². The zero-order chi connectivity index (χ0) is 17.9. The molecule has 2 aromatic heterocycles. The highest BCUT2D eigenvalue weighted by molar-refractivity contribution is 5.90. The summed E-state index contributed by atoms with van der Waals surface area (Å²) < 4.78 is 6.48. The van der Waals surface area contributed by atoms with Gasteiger partial charge in [-0.2, -0.15) is 4.98 Å². The summed E-state index contributed by atoms with van der Waals surface area (Å²) in [5.74, 6) is 0.137. The Bertz CT molecular complexity index is 820. The van der Waals surface area contributed by atoms with Crippen molar-refractivity contribution in [1.29, 1.82) is 0 Å². The van der Waals surface area contributed by atoms with Gasteiger partial charge in [-0.15, -0.1) is 5.10 Å². The molecule has 3 aromatic rings. The van der Waals surface area contributed by atoms with E-state index in [4.69, 9.17) is 4.52 Å². The van der Waals surface area contributed by atoms with Crippen molar-refractivity contribution in [1.82, 2.24) is 30.2 Å². The first-order valence-electron chi connectivity index (χ1n) is 7.96. The van der Waals surface area contributed by atoms with Gasteiger partial charge in [-0.05, 0) is 26.3 Å². The number of carbonyl (C=O) groups is 1. The van der Waals surface area contributed by atoms with Crippen LogP contribution >= 0.6 is 0 Å². The van der Waals surface area contributed by atoms with Gasteiger partial charge in [0.25, 0.3) is 5.91 Å². The van der Waals surface area contributed by atoms with Gasteiger partial charge in [0.2, 0.25) is 12.2 Å². The molecule has 0 radical (unpaired) electrons. The minimum Gasteiger partial charge on any atom is -0.343 e. The number of hydrogen-bond acceptors (Lipinski definition) is 6. The number of rotatable bonds is 5. The fourth-order valence-electron chi connectivity index (χ4n) is 2.30. The number of hydrogen-bond donors (Lipinski definition) is 1. The second-order valence-corrected chi connectivity index (χ2v) is 6.69. The standard InChI is InChI=1S/C17H20N6O2/c1-17(2,3)23-10-18-15(21-23)16(24)20-13(14-19-11-25-22-14)9-12-7-5-4-6-8-12/h4-8,10-11,13H,9H2,1-3H3,(H,20,24)/t13-/m1/s1. The molecule has 0 unspecified atom stereocenters. The number of aromatic nitrogens is 5. The molecule has 130 valence electrons. The maximum Gasteiger partial charge on any atom is 0.291 e. The Labute approximate surface area is 145 Å². The first-order valence-corrected chi connectivity index (χ1v) is 7.96. The van der Waals surface area contributed by atoms with Crippen molar-refractivity contribution in [2.24, 2.45) is 0 Å². The molecule has 1 atom stereocenters. The van der Waals surface area contributed by atoms with E-state index in [-0.39, 0.29) is 17.3 Å². The molecule has 25 heavy (non-hydrogen) atoms. The normalized spacial score (nSPS) is 12.8. The molecule has 0 saturated carbocycles. The SMILES string of the molecule is CC(C)(C)n1cnc(C(=O)N[C@H](Cc2ccccc2)c2ncon2)n1. The molecule has 0 aliphatic rings. The Morgan fingerprint density at radius 1 is 1.24 bits per heavy atom. The number of nitrogens with one attached hydrogen (secondary N) is 1. The summed E-state index contributed by atoms with van der Waals surface area (Å²) in [7, 11) is 0. The van der Waals surface area contributed by atoms with E-state index in [2.05, 4.69) is 25.5 Å². The van der Waals surface area contributed by atoms with Crippen molar-refractivity contribution in [2.75, 3.05) is 0 Å². The third-order valence-electron chi connectivity index (χ3n) is 3.66. The summed E-state index contributed by atoms with van der Waals surface area (Å²) in [6.07, 6.45) is 3.33. The molecule has 2 heterocycles. The van der Waals surface area contributed by atoms with Gasteiger partial charge in [-0.3, -0.25) is 4.79 Å². The molecular formula is C17H20N6O2. The van der Waals surface area contributed by atoms with Crippen LogP contribution in [0.15, 0.2) is 47.6 Å². The number of benzene rings is 1. The quantitative estimate of drug-likeness (QED) is 0.764. The largest absolute Gasteiger partial charge is 0.343 e. The summed E-state index contributed by atoms with van der Waals surface area (Å²) >= 11 is 0. The van der Waals surface area contributed by atoms with Crippen LogP contribution in [0.5, 0.6) is 0 Å². The van der Waals surface area contributed by atoms with Crippen molar-refractivity contribution in [3.05, 3.63) is 60.3 Å². The van der Waals surface area contributed by atoms with Crippen molar-refractivity contribution in [2.45, 2.75) is 38.8 Å². The Hall–Kier alpha value is -3.03. The summed E-state index contributed by atoms with van der Waals surface area (Å²) in [5.41, 5.74) is 0.800. The van der Waals surface area contributed by atoms with Gasteiger partial charge < -0.3 is 9.84 Å². The van der Waals surface area contributed by atoms with E-state index in [1.54, 1.807) is 11.0 Å². The molecule has 8 heteroatoms. The topological polar surface area (TPSA) is 98.7 Å². The van der Waals surface area contributed by atoms with Crippen molar-refractivity contribution >= 4 is 5.91 Å². The van der Waals surface area contributed by atoms with Gasteiger partial charge in [-0.1, -0.05) is 35.5 Å². The average molecular weight is 340 g/mol. The minimum atomic E-state index is -0.435. The number of carbonyl (C=O) groups excluding carboxylic acids is 1. The maximum atomic E-state index is 12.5. The van der Waals surface area contributed by atoms with Crippen LogP contribution in [0.25, 0.3) is 0 Å². The van der Waals surface area contributed by atoms with E-state index in [9.17, 15) is 4.79 Å². The highest BCUT2D eigenvalue weighted by Crippen LogP contribution is 2.16. The Balaban J connectivity index is 1.78. The molecule has 3 rings (SSSR count). The smallest absolute Gasteiger partial charge is 0.291 e. The highest BCUT2D eigenvalue weighted by Gasteiger charge is 2.23. The molecule has 1 aromatic carbocycles. The van der Waals surface area contributed by atoms with Crippen LogP contribution < -0.4 is 5.32 Å². The molecule has 1 amide bonds. The predicted molar refractivity (Wildman–Crippen MR) is 89.7 cm³/mol. The van der Waals surface area contributed by atoms with E-state index >= 15 is 0 Å². The lowest BCUT2D eigenvalue weighted by molar-refractivity contribution is 0.0922. The maximum absolute atomic E-state index is 12.5. The number of amides is 1. The lowest BCUT2D eigenvalue weighted by Gasteiger charge is -2.18. The Morgan fingerprint density at radius 2 is 2.00 bits per heavy atom. The van der Waals surface area contributed by atoms with Crippen LogP contribution in [-0.2, 0) is 12.0 Å². The lowest BCUT2D eigenvalue weighted by Crippen LogP contribution is -2.32. The third-order valence-corrected chi connectivity index (χ3v) is 3.66. The van der Waals surface area contributed by atoms with Gasteiger partial charge in [0.15, 0.2) is 5.82 Å². The van der Waals surface area contributed by atoms with Gasteiger partial charge in [0, 0.05) is 6.42 Å². The zero-order valence-electron chi connectivity index (χ0n) is 14.4. The van der Waals surface area contributed by atoms with Crippen LogP contribution in [-0.4, -0.2) is 30.8 Å². The molecule has 0 aliphatic heterocycles. The van der Waals surface area contributed by atoms with Crippen LogP contribution in [0, 0.1) is 0 Å². The van der Waals surface area contributed by atoms with Crippen LogP contribution in [0.3, 0.4) is 0 Å². The summed E-state index contributed by atoms with van der Waals surface area (Å²) in [4.78, 5) is 20.7. The molecule has 0 bridgehead atoms. The van der Waals surface area contributed by atoms with Crippen LogP contribution in [0.1, 0.15) is 48.8 Å². The van der Waals surface area contributed by atoms with E-state index in [1.807, 2.05) is 51.1 Å². The summed E-state index contributed by atoms with van der Waals surface area (Å²) in [6.45, 7) is 5.96. The molecule has 0 spiro atoms. The monoisotopic (exact) mass is 340 g/mol. The van der Waals surface area contributed by atoms with Gasteiger partial charge in [-0.25, -0.2) is 9.67 Å². The van der Waals surface area contributed by atoms with E-state index in [1.165, 1.54) is 6.39 Å². The first kappa shape index (κ1) is 16.8. The number of nitrogens with zero attached hydrogens (tertiary/aromatic N) is 5. The Morgan fingerprint density at radius 3 is 2.60 bits per heavy atom. The van der Waals surface area contributed by atoms with Gasteiger partial charge in [0.05, 0.1) is 11.6 Å². The second-order valence-electron chi connectivity index (χ2n) is 6.69. The lowest BCUT2D eigenvalue weighted by atomic mass is 10.1. The van der Waals surface area contributed by atoms with Crippen molar-refractivity contribution < 1.29 is 9.32 Å². The van der Waals surface area contributed by atoms with E-state index < -0.39 is 6.04 Å². The predicted octanol–water partition coefficient (Wildman–Crippen LogP) is 2.13. The average Bonchev–Trinajstić information content (AvgIpc) is 3.26. The molecule has 0 saturated heterocycles. The molecular weight excluding hydrogens is 320 g/mol. The second kappa shape index (κ2) is 6.84. The third kappa shape index (κ3) is 4.09. The molecule has 0 aliphatic carbocycles. The molecule has 1 N–H and O–H groups in total. The molecule has 8 nitrogen and oxygen atoms in total. The highest BCUT2D eigenvalue weighted by atomic mass is 16.5. The summed E-state index contributed by atoms with van der Waals surface area (Å²) in [5, 5.41) is 11.0. The first-order chi connectivity index (χ1) is 11.9. The van der Waals surface area contributed by atoms with Gasteiger partial charge >= 0.3 is 0 Å². The van der Waals surface area contributed by atoms with Crippen molar-refractivity contribution in [3.8, 4) is 0 Å². The fraction of sp³-hybridized carbons (Fsp3) is 0.353. The van der Waals surface area contributed by atoms with Crippen LogP contribution in [0.2, 0.25) is 0 Å². The minimum absolute atomic E-state index is 0.108.